The summed E-state index contributed by atoms with van der Waals surface area (Å²) in [6, 6.07) is 0. The van der Waals surface area contributed by atoms with Crippen LogP contribution in [0.4, 0.5) is 5.13 Å². The van der Waals surface area contributed by atoms with Crippen LogP contribution >= 0.6 is 11.3 Å². The second kappa shape index (κ2) is 5.53. The molecule has 0 unspecified atom stereocenters. The quantitative estimate of drug-likeness (QED) is 0.923. The molecule has 3 aliphatic rings. The van der Waals surface area contributed by atoms with E-state index in [0.29, 0.717) is 17.6 Å². The van der Waals surface area contributed by atoms with Gasteiger partial charge < -0.3 is 10.1 Å². The number of anilines is 1. The highest BCUT2D eigenvalue weighted by molar-refractivity contribution is 7.13. The first kappa shape index (κ1) is 15.5. The molecule has 1 spiro atoms. The van der Waals surface area contributed by atoms with Crippen molar-refractivity contribution >= 4 is 22.4 Å². The lowest BCUT2D eigenvalue weighted by molar-refractivity contribution is -0.216. The summed E-state index contributed by atoms with van der Waals surface area (Å²) in [5.74, 6) is 1.53. The Hall–Kier alpha value is -0.980. The fourth-order valence-electron chi connectivity index (χ4n) is 5.06. The third kappa shape index (κ3) is 3.04. The Bertz CT molecular complexity index is 589. The van der Waals surface area contributed by atoms with E-state index in [1.54, 1.807) is 6.20 Å². The summed E-state index contributed by atoms with van der Waals surface area (Å²) in [5.41, 5.74) is -0.212. The van der Waals surface area contributed by atoms with Crippen LogP contribution in [-0.2, 0) is 9.53 Å². The first-order valence-electron chi connectivity index (χ1n) is 8.56. The Labute approximate surface area is 141 Å². The maximum absolute atomic E-state index is 12.3. The Morgan fingerprint density at radius 2 is 2.35 bits per heavy atom. The van der Waals surface area contributed by atoms with Crippen molar-refractivity contribution in [2.75, 3.05) is 25.0 Å². The van der Waals surface area contributed by atoms with Gasteiger partial charge in [0.2, 0.25) is 5.91 Å². The molecule has 3 atom stereocenters. The zero-order valence-electron chi connectivity index (χ0n) is 13.9. The van der Waals surface area contributed by atoms with E-state index in [-0.39, 0.29) is 17.1 Å². The van der Waals surface area contributed by atoms with Gasteiger partial charge in [-0.3, -0.25) is 9.69 Å². The summed E-state index contributed by atoms with van der Waals surface area (Å²) < 4.78 is 6.59. The summed E-state index contributed by atoms with van der Waals surface area (Å²) >= 11 is 1.46. The van der Waals surface area contributed by atoms with Crippen molar-refractivity contribution in [3.05, 3.63) is 11.6 Å². The van der Waals surface area contributed by atoms with Gasteiger partial charge in [0.1, 0.15) is 0 Å². The van der Waals surface area contributed by atoms with Crippen molar-refractivity contribution in [2.24, 2.45) is 11.8 Å². The van der Waals surface area contributed by atoms with Gasteiger partial charge in [0.05, 0.1) is 17.7 Å². The Morgan fingerprint density at radius 1 is 1.48 bits per heavy atom. The number of hydrogen-bond donors (Lipinski definition) is 1. The van der Waals surface area contributed by atoms with Crippen molar-refractivity contribution < 1.29 is 9.53 Å². The van der Waals surface area contributed by atoms with Gasteiger partial charge in [0, 0.05) is 24.7 Å². The van der Waals surface area contributed by atoms with Crippen LogP contribution in [0.5, 0.6) is 0 Å². The van der Waals surface area contributed by atoms with Gasteiger partial charge in [0.15, 0.2) is 5.13 Å². The van der Waals surface area contributed by atoms with Gasteiger partial charge in [0.25, 0.3) is 0 Å². The molecular weight excluding hydrogens is 310 g/mol. The number of aromatic nitrogens is 1. The minimum absolute atomic E-state index is 0.0217. The minimum Gasteiger partial charge on any atom is -0.366 e. The van der Waals surface area contributed by atoms with E-state index >= 15 is 0 Å². The number of ether oxygens (including phenoxy) is 1. The predicted octanol–water partition coefficient (Wildman–Crippen LogP) is 2.75. The molecule has 1 aromatic heterocycles. The zero-order chi connectivity index (χ0) is 16.1. The summed E-state index contributed by atoms with van der Waals surface area (Å²) in [4.78, 5) is 18.7. The monoisotopic (exact) mass is 335 g/mol. The van der Waals surface area contributed by atoms with E-state index in [2.05, 4.69) is 29.0 Å². The van der Waals surface area contributed by atoms with Gasteiger partial charge in [-0.2, -0.15) is 0 Å². The highest BCUT2D eigenvalue weighted by Gasteiger charge is 2.56. The number of nitrogens with one attached hydrogen (secondary N) is 1. The van der Waals surface area contributed by atoms with Crippen LogP contribution in [0, 0.1) is 11.8 Å². The van der Waals surface area contributed by atoms with E-state index in [1.807, 2.05) is 5.38 Å². The predicted molar refractivity (Wildman–Crippen MR) is 90.5 cm³/mol. The summed E-state index contributed by atoms with van der Waals surface area (Å²) in [7, 11) is 0. The molecule has 1 aromatic rings. The molecule has 23 heavy (non-hydrogen) atoms. The van der Waals surface area contributed by atoms with E-state index in [1.165, 1.54) is 37.0 Å². The summed E-state index contributed by atoms with van der Waals surface area (Å²) in [5, 5.41) is 5.45. The molecule has 2 heterocycles. The van der Waals surface area contributed by atoms with Crippen LogP contribution in [0.1, 0.15) is 39.5 Å². The van der Waals surface area contributed by atoms with Gasteiger partial charge >= 0.3 is 0 Å². The van der Waals surface area contributed by atoms with Crippen molar-refractivity contribution in [1.29, 1.82) is 0 Å². The molecule has 2 saturated carbocycles. The molecule has 1 aliphatic heterocycles. The van der Waals surface area contributed by atoms with Crippen LogP contribution < -0.4 is 5.32 Å². The van der Waals surface area contributed by atoms with E-state index < -0.39 is 0 Å². The summed E-state index contributed by atoms with van der Waals surface area (Å²) in [6.45, 7) is 6.43. The lowest BCUT2D eigenvalue weighted by Gasteiger charge is -2.52. The zero-order valence-corrected chi connectivity index (χ0v) is 14.7. The van der Waals surface area contributed by atoms with Crippen molar-refractivity contribution in [1.82, 2.24) is 9.88 Å². The Morgan fingerprint density at radius 3 is 3.00 bits per heavy atom. The average Bonchev–Trinajstić information content (AvgIpc) is 3.12. The molecule has 6 heteroatoms. The number of hydrogen-bond acceptors (Lipinski definition) is 5. The maximum atomic E-state index is 12.3. The molecule has 4 rings (SSSR count). The van der Waals surface area contributed by atoms with E-state index in [0.717, 1.165) is 19.0 Å². The van der Waals surface area contributed by atoms with Crippen LogP contribution in [0.25, 0.3) is 0 Å². The molecule has 1 N–H and O–H groups in total. The first-order valence-corrected chi connectivity index (χ1v) is 9.44. The maximum Gasteiger partial charge on any atom is 0.240 e. The van der Waals surface area contributed by atoms with E-state index in [4.69, 9.17) is 4.74 Å². The number of nitrogens with zero attached hydrogens (tertiary/aromatic N) is 2. The standard InChI is InChI=1S/C17H25N3O2S/c1-16(2)10-20(9-14(21)19-15-18-5-6-23-15)11-17(22-16)8-12-3-4-13(17)7-12/h5-6,12-13H,3-4,7-11H2,1-2H3,(H,18,19,21)/t12-,13+,17+/m1/s1. The van der Waals surface area contributed by atoms with Crippen LogP contribution in [0.15, 0.2) is 11.6 Å². The SMILES string of the molecule is CC1(C)CN(CC(=O)Nc2nccs2)C[C@]2(C[C@@H]3CC[C@H]2C3)O1. The number of thiazole rings is 1. The van der Waals surface area contributed by atoms with Gasteiger partial charge in [-0.05, 0) is 51.4 Å². The number of rotatable bonds is 3. The average molecular weight is 335 g/mol. The minimum atomic E-state index is -0.190. The molecule has 3 fully saturated rings. The number of carbonyl (C=O) groups excluding carboxylic acids is 1. The van der Waals surface area contributed by atoms with Crippen LogP contribution in [-0.4, -0.2) is 46.6 Å². The molecule has 0 radical (unpaired) electrons. The van der Waals surface area contributed by atoms with E-state index in [9.17, 15) is 4.79 Å². The smallest absolute Gasteiger partial charge is 0.240 e. The molecule has 126 valence electrons. The largest absolute Gasteiger partial charge is 0.366 e. The van der Waals surface area contributed by atoms with Gasteiger partial charge in [-0.15, -0.1) is 11.3 Å². The van der Waals surface area contributed by atoms with Crippen LogP contribution in [0.2, 0.25) is 0 Å². The third-order valence-corrected chi connectivity index (χ3v) is 6.23. The molecule has 0 aromatic carbocycles. The number of carbonyl (C=O) groups is 1. The topological polar surface area (TPSA) is 54.5 Å². The molecule has 1 amide bonds. The van der Waals surface area contributed by atoms with Crippen molar-refractivity contribution in [3.8, 4) is 0 Å². The highest BCUT2D eigenvalue weighted by Crippen LogP contribution is 2.55. The number of amides is 1. The third-order valence-electron chi connectivity index (χ3n) is 5.54. The Kier molecular flexibility index (Phi) is 3.74. The van der Waals surface area contributed by atoms with Gasteiger partial charge in [-0.25, -0.2) is 4.98 Å². The van der Waals surface area contributed by atoms with Gasteiger partial charge in [-0.1, -0.05) is 0 Å². The molecule has 1 saturated heterocycles. The lowest BCUT2D eigenvalue weighted by atomic mass is 9.81. The number of fused-ring (bicyclic) bond motifs is 3. The number of morpholine rings is 1. The molecule has 5 nitrogen and oxygen atoms in total. The molecule has 2 bridgehead atoms. The molecular formula is C17H25N3O2S. The summed E-state index contributed by atoms with van der Waals surface area (Å²) in [6.07, 6.45) is 6.85. The fraction of sp³-hybridized carbons (Fsp3) is 0.765. The second-order valence-corrected chi connectivity index (χ2v) is 8.93. The first-order chi connectivity index (χ1) is 10.9. The van der Waals surface area contributed by atoms with Crippen LogP contribution in [0.3, 0.4) is 0 Å². The fourth-order valence-corrected chi connectivity index (χ4v) is 5.60. The lowest BCUT2D eigenvalue weighted by Crippen LogP contribution is -2.62. The second-order valence-electron chi connectivity index (χ2n) is 8.04. The van der Waals surface area contributed by atoms with Crippen molar-refractivity contribution in [3.63, 3.8) is 0 Å². The highest BCUT2D eigenvalue weighted by atomic mass is 32.1. The Balaban J connectivity index is 1.45. The normalized spacial score (nSPS) is 35.7. The van der Waals surface area contributed by atoms with Crippen molar-refractivity contribution in [2.45, 2.75) is 50.7 Å². The molecule has 2 aliphatic carbocycles.